The van der Waals surface area contributed by atoms with E-state index in [2.05, 4.69) is 16.0 Å². The van der Waals surface area contributed by atoms with E-state index in [0.29, 0.717) is 19.4 Å². The van der Waals surface area contributed by atoms with Gasteiger partial charge in [0.1, 0.15) is 29.1 Å². The molecule has 0 aliphatic carbocycles. The van der Waals surface area contributed by atoms with Gasteiger partial charge in [0.05, 0.1) is 0 Å². The first-order valence-electron chi connectivity index (χ1n) is 10.9. The van der Waals surface area contributed by atoms with Crippen molar-refractivity contribution in [2.24, 2.45) is 0 Å². The molecule has 0 aliphatic rings. The molecule has 17 heteroatoms. The van der Waals surface area contributed by atoms with E-state index in [9.17, 15) is 45.1 Å². The van der Waals surface area contributed by atoms with Crippen LogP contribution in [0.25, 0.3) is 0 Å². The largest absolute Gasteiger partial charge is 0.354 e. The summed E-state index contributed by atoms with van der Waals surface area (Å²) in [6.07, 6.45) is 1.02. The average molecular weight is 583 g/mol. The number of benzene rings is 1. The van der Waals surface area contributed by atoms with E-state index in [1.165, 1.54) is 12.1 Å². The van der Waals surface area contributed by atoms with Gasteiger partial charge in [-0.3, -0.25) is 28.3 Å². The lowest BCUT2D eigenvalue weighted by molar-refractivity contribution is -0.129. The fourth-order valence-electron chi connectivity index (χ4n) is 3.04. The van der Waals surface area contributed by atoms with Crippen molar-refractivity contribution in [2.75, 3.05) is 25.1 Å². The minimum absolute atomic E-state index is 0.0172. The Morgan fingerprint density at radius 3 is 1.89 bits per heavy atom. The van der Waals surface area contributed by atoms with Crippen LogP contribution in [0.15, 0.2) is 24.3 Å². The molecule has 2 unspecified atom stereocenters. The first-order valence-corrected chi connectivity index (χ1v) is 14.7. The Balaban J connectivity index is 3.00. The molecule has 0 saturated carbocycles. The second-order valence-corrected chi connectivity index (χ2v) is 11.7. The molecule has 0 bridgehead atoms. The number of amides is 3. The Hall–Kier alpha value is -2.49. The van der Waals surface area contributed by atoms with Crippen LogP contribution in [-0.2, 0) is 41.2 Å². The van der Waals surface area contributed by atoms with Gasteiger partial charge in [-0.25, -0.2) is 0 Å². The molecule has 3 amide bonds. The number of hydrogen-bond donors (Lipinski definition) is 6. The molecule has 0 radical (unpaired) electrons. The van der Waals surface area contributed by atoms with E-state index in [1.54, 1.807) is 19.2 Å². The molecular weight excluding hydrogens is 551 g/mol. The zero-order valence-corrected chi connectivity index (χ0v) is 22.8. The predicted octanol–water partition coefficient (Wildman–Crippen LogP) is -1.55. The Bertz CT molecular complexity index is 1170. The van der Waals surface area contributed by atoms with E-state index >= 15 is 0 Å². The Morgan fingerprint density at radius 2 is 1.41 bits per heavy atom. The lowest BCUT2D eigenvalue weighted by Gasteiger charge is -2.22. The van der Waals surface area contributed by atoms with E-state index in [0.717, 1.165) is 5.56 Å². The number of rotatable bonds is 16. The van der Waals surface area contributed by atoms with Crippen LogP contribution < -0.4 is 21.3 Å². The van der Waals surface area contributed by atoms with E-state index in [1.807, 2.05) is 14.6 Å². The molecule has 0 spiro atoms. The summed E-state index contributed by atoms with van der Waals surface area (Å²) in [6, 6.07) is 2.31. The average Bonchev–Trinajstić information content (AvgIpc) is 2.76. The van der Waals surface area contributed by atoms with Crippen LogP contribution in [0, 0.1) is 0 Å². The van der Waals surface area contributed by atoms with E-state index < -0.39 is 61.5 Å². The molecule has 6 N–H and O–H groups in total. The third-order valence-electron chi connectivity index (χ3n) is 4.76. The Kier molecular flexibility index (Phi) is 13.2. The summed E-state index contributed by atoms with van der Waals surface area (Å²) in [7, 11) is -5.86. The van der Waals surface area contributed by atoms with Crippen LogP contribution in [0.2, 0.25) is 0 Å². The van der Waals surface area contributed by atoms with Gasteiger partial charge in [-0.15, -0.1) is 0 Å². The number of hydrogen-bond acceptors (Lipinski definition) is 9. The summed E-state index contributed by atoms with van der Waals surface area (Å²) in [4.78, 5) is 48.8. The molecule has 208 valence electrons. The number of unbranched alkanes of at least 4 members (excludes halogenated alkanes) is 1. The molecule has 1 rings (SSSR count). The van der Waals surface area contributed by atoms with E-state index in [-0.39, 0.29) is 24.1 Å². The van der Waals surface area contributed by atoms with Crippen LogP contribution in [0.4, 0.5) is 0 Å². The highest BCUT2D eigenvalue weighted by Gasteiger charge is 2.32. The lowest BCUT2D eigenvalue weighted by Crippen LogP contribution is -2.57. The van der Waals surface area contributed by atoms with Crippen LogP contribution >= 0.6 is 9.24 Å². The standard InChI is InChI=1S/C20H31N4O10PS2/c1-21-10-13-5-7-14(8-6-13)18(26)23-16(12-37(32,33)34)20(28)24-15(11-36(29,30)31)19(27)22-9-3-2-4-17(25)35/h5-8,15-16,21H,2-4,9-12,35H2,1H3,(H,22,27)(H,23,26)(H,24,28)(H,29,30,31)(H,32,33,34)/t15-,16?/m0/s1. The monoisotopic (exact) mass is 582 g/mol. The zero-order chi connectivity index (χ0) is 28.2. The van der Waals surface area contributed by atoms with Crippen molar-refractivity contribution in [1.82, 2.24) is 21.3 Å². The van der Waals surface area contributed by atoms with Crippen molar-refractivity contribution in [1.29, 1.82) is 0 Å². The first kappa shape index (κ1) is 32.5. The molecule has 0 heterocycles. The lowest BCUT2D eigenvalue weighted by atomic mass is 10.1. The zero-order valence-electron chi connectivity index (χ0n) is 20.0. The van der Waals surface area contributed by atoms with Gasteiger partial charge in [0.2, 0.25) is 11.8 Å². The third-order valence-corrected chi connectivity index (χ3v) is 6.55. The molecule has 1 aromatic rings. The van der Waals surface area contributed by atoms with Crippen molar-refractivity contribution in [3.63, 3.8) is 0 Å². The molecule has 1 aromatic carbocycles. The SMILES string of the molecule is CNCc1ccc(C(=O)NC(CS(=O)(=O)O)C(=O)N[C@@H](CS(=O)(=O)O)C(=O)NCCCCC(=O)P)cc1. The number of carbonyl (C=O) groups excluding carboxylic acids is 4. The molecule has 0 saturated heterocycles. The smallest absolute Gasteiger partial charge is 0.267 e. The van der Waals surface area contributed by atoms with Gasteiger partial charge in [-0.05, 0) is 37.6 Å². The maximum absolute atomic E-state index is 12.8. The van der Waals surface area contributed by atoms with Crippen LogP contribution in [0.5, 0.6) is 0 Å². The second-order valence-electron chi connectivity index (χ2n) is 8.03. The van der Waals surface area contributed by atoms with Crippen LogP contribution in [-0.4, -0.2) is 86.4 Å². The van der Waals surface area contributed by atoms with Crippen LogP contribution in [0.3, 0.4) is 0 Å². The van der Waals surface area contributed by atoms with Crippen molar-refractivity contribution in [3.8, 4) is 0 Å². The summed E-state index contributed by atoms with van der Waals surface area (Å²) in [6.45, 7) is 0.534. The topological polar surface area (TPSA) is 225 Å². The fourth-order valence-corrected chi connectivity index (χ4v) is 4.55. The van der Waals surface area contributed by atoms with Crippen molar-refractivity contribution >= 4 is 52.7 Å². The van der Waals surface area contributed by atoms with Crippen molar-refractivity contribution in [2.45, 2.75) is 37.9 Å². The molecule has 3 atom stereocenters. The van der Waals surface area contributed by atoms with Gasteiger partial charge >= 0.3 is 0 Å². The molecule has 0 fully saturated rings. The highest BCUT2D eigenvalue weighted by atomic mass is 32.2. The second kappa shape index (κ2) is 15.1. The highest BCUT2D eigenvalue weighted by Crippen LogP contribution is 2.06. The van der Waals surface area contributed by atoms with Gasteiger partial charge in [-0.1, -0.05) is 21.4 Å². The summed E-state index contributed by atoms with van der Waals surface area (Å²) in [5, 5.41) is 9.39. The van der Waals surface area contributed by atoms with Gasteiger partial charge in [0.25, 0.3) is 26.1 Å². The number of nitrogens with one attached hydrogen (secondary N) is 4. The Labute approximate surface area is 217 Å². The van der Waals surface area contributed by atoms with Gasteiger partial charge in [0.15, 0.2) is 0 Å². The summed E-state index contributed by atoms with van der Waals surface area (Å²) in [5.41, 5.74) is 0.762. The summed E-state index contributed by atoms with van der Waals surface area (Å²) in [5.74, 6) is -5.70. The number of carbonyl (C=O) groups is 4. The Morgan fingerprint density at radius 1 is 0.865 bits per heavy atom. The summed E-state index contributed by atoms with van der Waals surface area (Å²) < 4.78 is 64.1. The maximum Gasteiger partial charge on any atom is 0.267 e. The minimum Gasteiger partial charge on any atom is -0.354 e. The highest BCUT2D eigenvalue weighted by molar-refractivity contribution is 7.86. The van der Waals surface area contributed by atoms with Crippen molar-refractivity contribution in [3.05, 3.63) is 35.4 Å². The maximum atomic E-state index is 12.8. The molecule has 0 aliphatic heterocycles. The first-order chi connectivity index (χ1) is 17.1. The van der Waals surface area contributed by atoms with Gasteiger partial charge < -0.3 is 21.3 Å². The predicted molar refractivity (Wildman–Crippen MR) is 137 cm³/mol. The fraction of sp³-hybridized carbons (Fsp3) is 0.500. The minimum atomic E-state index is -4.81. The quantitative estimate of drug-likeness (QED) is 0.0743. The third kappa shape index (κ3) is 14.1. The van der Waals surface area contributed by atoms with E-state index in [4.69, 9.17) is 0 Å². The molecule has 37 heavy (non-hydrogen) atoms. The summed E-state index contributed by atoms with van der Waals surface area (Å²) >= 11 is 0. The van der Waals surface area contributed by atoms with Gasteiger partial charge in [-0.2, -0.15) is 16.8 Å². The van der Waals surface area contributed by atoms with Crippen molar-refractivity contribution < 1.29 is 45.1 Å². The molecular formula is C20H31N4O10PS2. The van der Waals surface area contributed by atoms with Crippen LogP contribution in [0.1, 0.15) is 35.2 Å². The molecule has 14 nitrogen and oxygen atoms in total. The molecule has 0 aromatic heterocycles. The van der Waals surface area contributed by atoms with Gasteiger partial charge in [0, 0.05) is 25.1 Å². The normalized spacial score (nSPS) is 13.3.